The zero-order valence-electron chi connectivity index (χ0n) is 10.7. The molecule has 0 saturated heterocycles. The van der Waals surface area contributed by atoms with E-state index in [1.807, 2.05) is 26.8 Å². The van der Waals surface area contributed by atoms with E-state index >= 15 is 0 Å². The van der Waals surface area contributed by atoms with Crippen LogP contribution in [0.5, 0.6) is 0 Å². The molecule has 1 amide bonds. The normalized spacial score (nSPS) is 12.2. The second-order valence-electron chi connectivity index (χ2n) is 4.40. The molecule has 0 aliphatic carbocycles. The first-order valence-electron chi connectivity index (χ1n) is 5.83. The summed E-state index contributed by atoms with van der Waals surface area (Å²) in [6.07, 6.45) is 1.24. The fraction of sp³-hybridized carbons (Fsp3) is 0.583. The van der Waals surface area contributed by atoms with Gasteiger partial charge in [-0.3, -0.25) is 10.1 Å². The molecule has 0 bridgehead atoms. The predicted molar refractivity (Wildman–Crippen MR) is 67.6 cm³/mol. The van der Waals surface area contributed by atoms with Gasteiger partial charge in [0, 0.05) is 17.8 Å². The van der Waals surface area contributed by atoms with Gasteiger partial charge in [-0.05, 0) is 38.8 Å². The highest BCUT2D eigenvalue weighted by atomic mass is 16.1. The zero-order valence-corrected chi connectivity index (χ0v) is 10.7. The number of nitrogens with one attached hydrogen (secondary N) is 1. The minimum Gasteiger partial charge on any atom is -0.330 e. The lowest BCUT2D eigenvalue weighted by molar-refractivity contribution is -0.116. The first-order valence-corrected chi connectivity index (χ1v) is 5.83. The Morgan fingerprint density at radius 1 is 1.41 bits per heavy atom. The van der Waals surface area contributed by atoms with Gasteiger partial charge in [0.05, 0.1) is 0 Å². The smallest absolute Gasteiger partial charge is 0.229 e. The molecule has 0 aromatic carbocycles. The molecule has 0 saturated carbocycles. The maximum Gasteiger partial charge on any atom is 0.229 e. The molecule has 0 spiro atoms. The van der Waals surface area contributed by atoms with Crippen molar-refractivity contribution < 1.29 is 4.79 Å². The van der Waals surface area contributed by atoms with Crippen molar-refractivity contribution in [2.45, 2.75) is 33.6 Å². The Labute approximate surface area is 102 Å². The Morgan fingerprint density at radius 3 is 2.53 bits per heavy atom. The zero-order chi connectivity index (χ0) is 12.8. The van der Waals surface area contributed by atoms with Crippen LogP contribution in [0.15, 0.2) is 6.07 Å². The molecule has 1 atom stereocenters. The number of carbonyl (C=O) groups excluding carboxylic acids is 1. The third-order valence-electron chi connectivity index (χ3n) is 2.50. The summed E-state index contributed by atoms with van der Waals surface area (Å²) in [4.78, 5) is 19.9. The third-order valence-corrected chi connectivity index (χ3v) is 2.50. The summed E-state index contributed by atoms with van der Waals surface area (Å²) in [5.74, 6) is 0.684. The van der Waals surface area contributed by atoms with E-state index in [0.29, 0.717) is 24.8 Å². The van der Waals surface area contributed by atoms with Crippen LogP contribution in [0.3, 0.4) is 0 Å². The SMILES string of the molecule is Cc1cc(C)nc(NC(=O)CCC(C)CN)n1. The molecule has 0 aliphatic rings. The Kier molecular flexibility index (Phi) is 5.03. The third kappa shape index (κ3) is 4.91. The lowest BCUT2D eigenvalue weighted by Gasteiger charge is -2.08. The fourth-order valence-corrected chi connectivity index (χ4v) is 1.46. The van der Waals surface area contributed by atoms with Gasteiger partial charge in [-0.1, -0.05) is 6.92 Å². The van der Waals surface area contributed by atoms with Crippen molar-refractivity contribution >= 4 is 11.9 Å². The van der Waals surface area contributed by atoms with Crippen molar-refractivity contribution in [1.29, 1.82) is 0 Å². The number of aryl methyl sites for hydroxylation is 2. The molecule has 0 fully saturated rings. The molecule has 5 nitrogen and oxygen atoms in total. The number of nitrogens with two attached hydrogens (primary N) is 1. The van der Waals surface area contributed by atoms with Gasteiger partial charge in [0.2, 0.25) is 11.9 Å². The standard InChI is InChI=1S/C12H20N4O/c1-8(7-13)4-5-11(17)16-12-14-9(2)6-10(3)15-12/h6,8H,4-5,7,13H2,1-3H3,(H,14,15,16,17). The molecule has 0 aliphatic heterocycles. The van der Waals surface area contributed by atoms with Crippen LogP contribution in [0, 0.1) is 19.8 Å². The number of amides is 1. The molecule has 1 unspecified atom stereocenters. The van der Waals surface area contributed by atoms with Gasteiger partial charge in [0.1, 0.15) is 0 Å². The van der Waals surface area contributed by atoms with Crippen LogP contribution >= 0.6 is 0 Å². The molecule has 17 heavy (non-hydrogen) atoms. The lowest BCUT2D eigenvalue weighted by Crippen LogP contribution is -2.17. The number of aromatic nitrogens is 2. The monoisotopic (exact) mass is 236 g/mol. The van der Waals surface area contributed by atoms with E-state index in [9.17, 15) is 4.79 Å². The topological polar surface area (TPSA) is 80.9 Å². The summed E-state index contributed by atoms with van der Waals surface area (Å²) in [6, 6.07) is 1.87. The van der Waals surface area contributed by atoms with Crippen LogP contribution in [0.25, 0.3) is 0 Å². The van der Waals surface area contributed by atoms with Gasteiger partial charge in [-0.2, -0.15) is 0 Å². The highest BCUT2D eigenvalue weighted by Crippen LogP contribution is 2.07. The molecular weight excluding hydrogens is 216 g/mol. The summed E-state index contributed by atoms with van der Waals surface area (Å²) in [6.45, 7) is 6.38. The largest absolute Gasteiger partial charge is 0.330 e. The van der Waals surface area contributed by atoms with Crippen LogP contribution in [0.4, 0.5) is 5.95 Å². The van der Waals surface area contributed by atoms with Gasteiger partial charge in [0.15, 0.2) is 0 Å². The van der Waals surface area contributed by atoms with Crippen molar-refractivity contribution in [3.05, 3.63) is 17.5 Å². The average molecular weight is 236 g/mol. The second-order valence-corrected chi connectivity index (χ2v) is 4.40. The molecular formula is C12H20N4O. The van der Waals surface area contributed by atoms with E-state index in [0.717, 1.165) is 17.8 Å². The molecule has 1 rings (SSSR count). The van der Waals surface area contributed by atoms with Crippen molar-refractivity contribution in [3.8, 4) is 0 Å². The van der Waals surface area contributed by atoms with Crippen LogP contribution in [-0.4, -0.2) is 22.4 Å². The van der Waals surface area contributed by atoms with E-state index in [1.165, 1.54) is 0 Å². The Hall–Kier alpha value is -1.49. The van der Waals surface area contributed by atoms with E-state index in [4.69, 9.17) is 5.73 Å². The van der Waals surface area contributed by atoms with Crippen LogP contribution < -0.4 is 11.1 Å². The van der Waals surface area contributed by atoms with E-state index in [1.54, 1.807) is 0 Å². The Bertz CT molecular complexity index is 372. The van der Waals surface area contributed by atoms with Gasteiger partial charge >= 0.3 is 0 Å². The summed E-state index contributed by atoms with van der Waals surface area (Å²) in [5, 5.41) is 2.70. The number of anilines is 1. The van der Waals surface area contributed by atoms with E-state index in [-0.39, 0.29) is 5.91 Å². The Balaban J connectivity index is 2.50. The van der Waals surface area contributed by atoms with Crippen LogP contribution in [0.2, 0.25) is 0 Å². The molecule has 0 radical (unpaired) electrons. The summed E-state index contributed by atoms with van der Waals surface area (Å²) in [7, 11) is 0. The van der Waals surface area contributed by atoms with Gasteiger partial charge in [-0.15, -0.1) is 0 Å². The lowest BCUT2D eigenvalue weighted by atomic mass is 10.1. The maximum absolute atomic E-state index is 11.6. The van der Waals surface area contributed by atoms with E-state index in [2.05, 4.69) is 15.3 Å². The maximum atomic E-state index is 11.6. The number of hydrogen-bond donors (Lipinski definition) is 2. The minimum atomic E-state index is -0.0599. The number of hydrogen-bond acceptors (Lipinski definition) is 4. The van der Waals surface area contributed by atoms with Gasteiger partial charge in [-0.25, -0.2) is 9.97 Å². The highest BCUT2D eigenvalue weighted by molar-refractivity contribution is 5.88. The molecule has 1 aromatic rings. The number of carbonyl (C=O) groups is 1. The predicted octanol–water partition coefficient (Wildman–Crippen LogP) is 1.41. The summed E-state index contributed by atoms with van der Waals surface area (Å²) < 4.78 is 0. The van der Waals surface area contributed by atoms with Gasteiger partial charge < -0.3 is 5.73 Å². The van der Waals surface area contributed by atoms with Crippen molar-refractivity contribution in [2.24, 2.45) is 11.7 Å². The molecule has 94 valence electrons. The highest BCUT2D eigenvalue weighted by Gasteiger charge is 2.07. The molecule has 5 heteroatoms. The molecule has 1 aromatic heterocycles. The quantitative estimate of drug-likeness (QED) is 0.810. The van der Waals surface area contributed by atoms with Crippen molar-refractivity contribution in [3.63, 3.8) is 0 Å². The first kappa shape index (κ1) is 13.6. The van der Waals surface area contributed by atoms with Gasteiger partial charge in [0.25, 0.3) is 0 Å². The number of nitrogens with zero attached hydrogens (tertiary/aromatic N) is 2. The minimum absolute atomic E-state index is 0.0599. The fourth-order valence-electron chi connectivity index (χ4n) is 1.46. The van der Waals surface area contributed by atoms with Crippen LogP contribution in [0.1, 0.15) is 31.2 Å². The van der Waals surface area contributed by atoms with Crippen molar-refractivity contribution in [1.82, 2.24) is 9.97 Å². The summed E-state index contributed by atoms with van der Waals surface area (Å²) in [5.41, 5.74) is 7.19. The Morgan fingerprint density at radius 2 is 2.00 bits per heavy atom. The van der Waals surface area contributed by atoms with Crippen LogP contribution in [-0.2, 0) is 4.79 Å². The first-order chi connectivity index (χ1) is 8.01. The average Bonchev–Trinajstić information content (AvgIpc) is 2.24. The number of rotatable bonds is 5. The second kappa shape index (κ2) is 6.30. The molecule has 1 heterocycles. The van der Waals surface area contributed by atoms with E-state index < -0.39 is 0 Å². The summed E-state index contributed by atoms with van der Waals surface area (Å²) >= 11 is 0. The molecule has 3 N–H and O–H groups in total. The van der Waals surface area contributed by atoms with Crippen molar-refractivity contribution in [2.75, 3.05) is 11.9 Å².